The van der Waals surface area contributed by atoms with E-state index in [0.717, 1.165) is 35.0 Å². The van der Waals surface area contributed by atoms with E-state index in [9.17, 15) is 4.79 Å². The minimum Gasteiger partial charge on any atom is -0.493 e. The summed E-state index contributed by atoms with van der Waals surface area (Å²) in [7, 11) is 3.27. The Hall–Kier alpha value is -2.91. The first-order valence-electron chi connectivity index (χ1n) is 14.1. The van der Waals surface area contributed by atoms with Gasteiger partial charge in [-0.15, -0.1) is 5.10 Å². The lowest BCUT2D eigenvalue weighted by Gasteiger charge is -2.49. The van der Waals surface area contributed by atoms with E-state index in [1.54, 1.807) is 14.2 Å². The van der Waals surface area contributed by atoms with Crippen LogP contribution >= 0.6 is 15.9 Å². The fraction of sp³-hybridized carbons (Fsp3) is 0.516. The van der Waals surface area contributed by atoms with Crippen LogP contribution in [0, 0.1) is 6.92 Å². The Balaban J connectivity index is 1.27. The van der Waals surface area contributed by atoms with Crippen LogP contribution in [0.2, 0.25) is 0 Å². The number of methoxy groups -OCH3 is 2. The Morgan fingerprint density at radius 3 is 2.38 bits per heavy atom. The molecule has 2 aliphatic rings. The van der Waals surface area contributed by atoms with Gasteiger partial charge in [-0.25, -0.2) is 4.68 Å². The molecule has 2 aromatic carbocycles. The van der Waals surface area contributed by atoms with Crippen molar-refractivity contribution in [2.75, 3.05) is 27.3 Å². The molecule has 214 valence electrons. The molecule has 3 atom stereocenters. The van der Waals surface area contributed by atoms with Crippen molar-refractivity contribution in [1.82, 2.24) is 24.8 Å². The highest BCUT2D eigenvalue weighted by Gasteiger charge is 2.49. The third-order valence-corrected chi connectivity index (χ3v) is 9.79. The molecule has 40 heavy (non-hydrogen) atoms. The molecule has 5 rings (SSSR count). The smallest absolute Gasteiger partial charge is 0.233 e. The predicted octanol–water partition coefficient (Wildman–Crippen LogP) is 5.52. The summed E-state index contributed by atoms with van der Waals surface area (Å²) in [6.07, 6.45) is 4.84. The van der Waals surface area contributed by atoms with Crippen LogP contribution in [-0.2, 0) is 16.8 Å². The lowest BCUT2D eigenvalue weighted by Crippen LogP contribution is -2.61. The van der Waals surface area contributed by atoms with Crippen LogP contribution in [0.5, 0.6) is 11.5 Å². The number of nitrogens with zero attached hydrogens (tertiary/aromatic N) is 5. The van der Waals surface area contributed by atoms with Crippen molar-refractivity contribution in [2.45, 2.75) is 77.0 Å². The van der Waals surface area contributed by atoms with Crippen LogP contribution in [0.25, 0.3) is 0 Å². The number of ether oxygens (including phenoxy) is 2. The molecule has 2 heterocycles. The summed E-state index contributed by atoms with van der Waals surface area (Å²) < 4.78 is 14.0. The number of carbonyl (C=O) groups excluding carboxylic acids is 1. The van der Waals surface area contributed by atoms with Crippen molar-refractivity contribution in [3.05, 3.63) is 69.5 Å². The second-order valence-electron chi connectivity index (χ2n) is 11.5. The zero-order valence-corrected chi connectivity index (χ0v) is 25.9. The molecule has 9 heteroatoms. The number of benzene rings is 2. The van der Waals surface area contributed by atoms with E-state index < -0.39 is 5.41 Å². The molecule has 2 fully saturated rings. The molecule has 0 N–H and O–H groups in total. The van der Waals surface area contributed by atoms with Crippen LogP contribution < -0.4 is 9.47 Å². The summed E-state index contributed by atoms with van der Waals surface area (Å²) in [6, 6.07) is 12.8. The van der Waals surface area contributed by atoms with E-state index in [-0.39, 0.29) is 24.0 Å². The average Bonchev–Trinajstić information content (AvgIpc) is 3.39. The molecule has 1 aliphatic carbocycles. The van der Waals surface area contributed by atoms with Gasteiger partial charge in [0.25, 0.3) is 0 Å². The summed E-state index contributed by atoms with van der Waals surface area (Å²) in [6.45, 7) is 10.8. The topological polar surface area (TPSA) is 72.7 Å². The van der Waals surface area contributed by atoms with Gasteiger partial charge in [0.1, 0.15) is 0 Å². The molecule has 0 unspecified atom stereocenters. The van der Waals surface area contributed by atoms with Gasteiger partial charge in [-0.3, -0.25) is 9.69 Å². The van der Waals surface area contributed by atoms with Gasteiger partial charge in [-0.1, -0.05) is 45.8 Å². The molecule has 3 aromatic rings. The highest BCUT2D eigenvalue weighted by Crippen LogP contribution is 2.47. The molecule has 1 saturated heterocycles. The van der Waals surface area contributed by atoms with Gasteiger partial charge >= 0.3 is 0 Å². The zero-order chi connectivity index (χ0) is 28.6. The third-order valence-electron chi connectivity index (χ3n) is 8.90. The van der Waals surface area contributed by atoms with Crippen molar-refractivity contribution in [2.24, 2.45) is 0 Å². The van der Waals surface area contributed by atoms with Crippen molar-refractivity contribution in [3.63, 3.8) is 0 Å². The van der Waals surface area contributed by atoms with Crippen molar-refractivity contribution < 1.29 is 14.3 Å². The van der Waals surface area contributed by atoms with Crippen molar-refractivity contribution >= 4 is 21.8 Å². The molecule has 8 nitrogen and oxygen atoms in total. The fourth-order valence-electron chi connectivity index (χ4n) is 6.27. The van der Waals surface area contributed by atoms with E-state index in [1.807, 2.05) is 22.9 Å². The van der Waals surface area contributed by atoms with Gasteiger partial charge in [-0.05, 0) is 75.4 Å². The van der Waals surface area contributed by atoms with E-state index in [0.29, 0.717) is 31.1 Å². The number of hydrogen-bond acceptors (Lipinski definition) is 6. The molecule has 0 radical (unpaired) electrons. The van der Waals surface area contributed by atoms with Gasteiger partial charge in [0, 0.05) is 36.2 Å². The highest BCUT2D eigenvalue weighted by molar-refractivity contribution is 9.10. The predicted molar refractivity (Wildman–Crippen MR) is 159 cm³/mol. The molecule has 1 amide bonds. The minimum absolute atomic E-state index is 0.0904. The van der Waals surface area contributed by atoms with Crippen LogP contribution in [0.4, 0.5) is 0 Å². The maximum atomic E-state index is 14.1. The lowest BCUT2D eigenvalue weighted by molar-refractivity contribution is -0.145. The monoisotopic (exact) mass is 609 g/mol. The average molecular weight is 611 g/mol. The number of aromatic nitrogens is 3. The Bertz CT molecular complexity index is 1360. The van der Waals surface area contributed by atoms with Crippen LogP contribution in [0.3, 0.4) is 0 Å². The van der Waals surface area contributed by atoms with Gasteiger partial charge in [0.15, 0.2) is 11.5 Å². The van der Waals surface area contributed by atoms with Gasteiger partial charge in [0.2, 0.25) is 5.91 Å². The largest absolute Gasteiger partial charge is 0.493 e. The van der Waals surface area contributed by atoms with Gasteiger partial charge in [0.05, 0.1) is 37.6 Å². The normalized spacial score (nSPS) is 21.5. The first-order chi connectivity index (χ1) is 19.2. The standard InChI is InChI=1S/C31H40BrN5O3/c1-20-14-24(8-10-27(20)32)23(4)37-19-26(33-34-37)18-36-21(2)16-35(17-22(36)3)30(38)31(12-7-13-31)25-9-11-28(39-5)29(15-25)40-6/h8-11,14-15,19,21-23H,7,12-13,16-18H2,1-6H3/t21-,22+,23-/m1/s1. The van der Waals surface area contributed by atoms with E-state index in [4.69, 9.17) is 9.47 Å². The second kappa shape index (κ2) is 11.5. The number of piperazine rings is 1. The number of carbonyl (C=O) groups is 1. The summed E-state index contributed by atoms with van der Waals surface area (Å²) in [5, 5.41) is 8.97. The SMILES string of the molecule is COc1ccc(C2(C(=O)N3C[C@@H](C)N(Cc4cn([C@H](C)c5ccc(Br)c(C)c5)nn4)[C@@H](C)C3)CCC2)cc1OC. The maximum absolute atomic E-state index is 14.1. The van der Waals surface area contributed by atoms with Crippen molar-refractivity contribution in [3.8, 4) is 11.5 Å². The Labute approximate surface area is 245 Å². The minimum atomic E-state index is -0.481. The molecule has 0 spiro atoms. The Kier molecular flexibility index (Phi) is 8.25. The summed E-state index contributed by atoms with van der Waals surface area (Å²) in [5.41, 5.74) is 3.89. The van der Waals surface area contributed by atoms with Gasteiger partial charge < -0.3 is 14.4 Å². The van der Waals surface area contributed by atoms with E-state index in [1.165, 1.54) is 11.1 Å². The summed E-state index contributed by atoms with van der Waals surface area (Å²) in [4.78, 5) is 18.6. The summed E-state index contributed by atoms with van der Waals surface area (Å²) >= 11 is 3.58. The number of amides is 1. The first kappa shape index (κ1) is 28.6. The van der Waals surface area contributed by atoms with Crippen LogP contribution in [0.1, 0.15) is 68.5 Å². The van der Waals surface area contributed by atoms with Crippen LogP contribution in [-0.4, -0.2) is 70.1 Å². The van der Waals surface area contributed by atoms with E-state index >= 15 is 0 Å². The number of halogens is 1. The third kappa shape index (κ3) is 5.26. The van der Waals surface area contributed by atoms with Crippen molar-refractivity contribution in [1.29, 1.82) is 0 Å². The molecular formula is C31H40BrN5O3. The number of aryl methyl sites for hydroxylation is 1. The maximum Gasteiger partial charge on any atom is 0.233 e. The molecular weight excluding hydrogens is 570 g/mol. The molecule has 1 saturated carbocycles. The molecule has 0 bridgehead atoms. The Morgan fingerprint density at radius 2 is 1.77 bits per heavy atom. The number of hydrogen-bond donors (Lipinski definition) is 0. The summed E-state index contributed by atoms with van der Waals surface area (Å²) in [5.74, 6) is 1.58. The zero-order valence-electron chi connectivity index (χ0n) is 24.4. The second-order valence-corrected chi connectivity index (χ2v) is 12.3. The van der Waals surface area contributed by atoms with E-state index in [2.05, 4.69) is 88.1 Å². The Morgan fingerprint density at radius 1 is 1.07 bits per heavy atom. The quantitative estimate of drug-likeness (QED) is 0.335. The van der Waals surface area contributed by atoms with Gasteiger partial charge in [-0.2, -0.15) is 0 Å². The number of rotatable bonds is 8. The molecule has 1 aromatic heterocycles. The lowest BCUT2D eigenvalue weighted by atomic mass is 9.63. The highest BCUT2D eigenvalue weighted by atomic mass is 79.9. The van der Waals surface area contributed by atoms with Crippen LogP contribution in [0.15, 0.2) is 47.1 Å². The molecule has 1 aliphatic heterocycles. The fourth-order valence-corrected chi connectivity index (χ4v) is 6.52. The first-order valence-corrected chi connectivity index (χ1v) is 14.9.